The summed E-state index contributed by atoms with van der Waals surface area (Å²) in [6.07, 6.45) is -0.240. The molecule has 1 atom stereocenters. The van der Waals surface area contributed by atoms with Crippen LogP contribution in [0.3, 0.4) is 0 Å². The fraction of sp³-hybridized carbons (Fsp3) is 0.235. The van der Waals surface area contributed by atoms with Crippen molar-refractivity contribution in [2.45, 2.75) is 26.1 Å². The molecule has 0 N–H and O–H groups in total. The molecule has 0 aromatic heterocycles. The monoisotopic (exact) mass is 268 g/mol. The third kappa shape index (κ3) is 2.27. The van der Waals surface area contributed by atoms with Gasteiger partial charge in [-0.3, -0.25) is 0 Å². The summed E-state index contributed by atoms with van der Waals surface area (Å²) in [6, 6.07) is 15.2. The van der Waals surface area contributed by atoms with Crippen LogP contribution in [0.2, 0.25) is 0 Å². The molecular formula is C17H16O3. The molecule has 1 aliphatic rings. The lowest BCUT2D eigenvalue weighted by atomic mass is 9.99. The maximum atomic E-state index is 11.9. The molecule has 0 saturated heterocycles. The fourth-order valence-electron chi connectivity index (χ4n) is 2.40. The molecule has 1 heterocycles. The van der Waals surface area contributed by atoms with Gasteiger partial charge in [0.15, 0.2) is 6.10 Å². The molecule has 20 heavy (non-hydrogen) atoms. The minimum absolute atomic E-state index is 0.0984. The number of hydrogen-bond donors (Lipinski definition) is 0. The number of carbonyl (C=O) groups excluding carboxylic acids is 1. The normalized spacial score (nSPS) is 16.9. The van der Waals surface area contributed by atoms with Gasteiger partial charge >= 0.3 is 5.97 Å². The third-order valence-corrected chi connectivity index (χ3v) is 3.22. The second-order valence-corrected chi connectivity index (χ2v) is 5.11. The van der Waals surface area contributed by atoms with Crippen molar-refractivity contribution in [2.75, 3.05) is 0 Å². The van der Waals surface area contributed by atoms with Crippen LogP contribution in [0.15, 0.2) is 48.5 Å². The summed E-state index contributed by atoms with van der Waals surface area (Å²) in [7, 11) is 0. The van der Waals surface area contributed by atoms with E-state index in [-0.39, 0.29) is 18.2 Å². The molecular weight excluding hydrogens is 252 g/mol. The fourth-order valence-corrected chi connectivity index (χ4v) is 2.40. The highest BCUT2D eigenvalue weighted by molar-refractivity contribution is 5.94. The van der Waals surface area contributed by atoms with E-state index in [1.165, 1.54) is 0 Å². The zero-order chi connectivity index (χ0) is 14.1. The summed E-state index contributed by atoms with van der Waals surface area (Å²) in [5.74, 6) is 0.489. The van der Waals surface area contributed by atoms with Crippen LogP contribution in [0.4, 0.5) is 0 Å². The quantitative estimate of drug-likeness (QED) is 0.796. The zero-order valence-corrected chi connectivity index (χ0v) is 11.5. The van der Waals surface area contributed by atoms with Crippen molar-refractivity contribution >= 4 is 5.97 Å². The van der Waals surface area contributed by atoms with Crippen molar-refractivity contribution in [3.8, 4) is 5.75 Å². The Bertz CT molecular complexity index is 632. The Hall–Kier alpha value is -2.29. The Labute approximate surface area is 118 Å². The van der Waals surface area contributed by atoms with Gasteiger partial charge in [-0.05, 0) is 37.6 Å². The van der Waals surface area contributed by atoms with E-state index >= 15 is 0 Å². The smallest absolute Gasteiger partial charge is 0.339 e. The number of hydrogen-bond acceptors (Lipinski definition) is 3. The van der Waals surface area contributed by atoms with E-state index < -0.39 is 0 Å². The Balaban J connectivity index is 2.01. The summed E-state index contributed by atoms with van der Waals surface area (Å²) in [4.78, 5) is 11.9. The van der Waals surface area contributed by atoms with Crippen molar-refractivity contribution in [3.05, 3.63) is 65.2 Å². The molecule has 0 amide bonds. The molecule has 3 rings (SSSR count). The van der Waals surface area contributed by atoms with Crippen LogP contribution in [0.1, 0.15) is 41.4 Å². The van der Waals surface area contributed by atoms with Gasteiger partial charge in [-0.25, -0.2) is 4.79 Å². The Morgan fingerprint density at radius 1 is 1.10 bits per heavy atom. The molecule has 0 fully saturated rings. The van der Waals surface area contributed by atoms with Crippen LogP contribution >= 0.6 is 0 Å². The highest BCUT2D eigenvalue weighted by Crippen LogP contribution is 2.37. The lowest BCUT2D eigenvalue weighted by Crippen LogP contribution is -2.06. The van der Waals surface area contributed by atoms with Crippen molar-refractivity contribution < 1.29 is 14.3 Å². The highest BCUT2D eigenvalue weighted by Gasteiger charge is 2.32. The number of rotatable bonds is 3. The van der Waals surface area contributed by atoms with E-state index in [0.29, 0.717) is 5.56 Å². The molecule has 1 unspecified atom stereocenters. The summed E-state index contributed by atoms with van der Waals surface area (Å²) in [6.45, 7) is 3.95. The summed E-state index contributed by atoms with van der Waals surface area (Å²) >= 11 is 0. The molecule has 1 aliphatic heterocycles. The van der Waals surface area contributed by atoms with E-state index in [0.717, 1.165) is 16.9 Å². The number of cyclic esters (lactones) is 1. The van der Waals surface area contributed by atoms with Gasteiger partial charge in [-0.2, -0.15) is 0 Å². The number of ether oxygens (including phenoxy) is 2. The van der Waals surface area contributed by atoms with E-state index in [1.54, 1.807) is 6.07 Å². The van der Waals surface area contributed by atoms with Crippen LogP contribution in [-0.4, -0.2) is 12.1 Å². The lowest BCUT2D eigenvalue weighted by molar-refractivity contribution is 0.0455. The molecule has 102 valence electrons. The summed E-state index contributed by atoms with van der Waals surface area (Å²) in [5, 5.41) is 0. The van der Waals surface area contributed by atoms with Gasteiger partial charge in [0.25, 0.3) is 0 Å². The van der Waals surface area contributed by atoms with Crippen LogP contribution in [-0.2, 0) is 4.74 Å². The van der Waals surface area contributed by atoms with Crippen LogP contribution < -0.4 is 4.74 Å². The van der Waals surface area contributed by atoms with Gasteiger partial charge in [-0.15, -0.1) is 0 Å². The van der Waals surface area contributed by atoms with Gasteiger partial charge in [0.05, 0.1) is 11.7 Å². The first kappa shape index (κ1) is 12.7. The Morgan fingerprint density at radius 2 is 1.85 bits per heavy atom. The average Bonchev–Trinajstić information content (AvgIpc) is 2.76. The van der Waals surface area contributed by atoms with Crippen LogP contribution in [0.5, 0.6) is 5.75 Å². The van der Waals surface area contributed by atoms with E-state index in [9.17, 15) is 4.79 Å². The van der Waals surface area contributed by atoms with Gasteiger partial charge in [0, 0.05) is 5.56 Å². The minimum Gasteiger partial charge on any atom is -0.491 e. The lowest BCUT2D eigenvalue weighted by Gasteiger charge is -2.13. The topological polar surface area (TPSA) is 35.5 Å². The molecule has 0 saturated carbocycles. The number of fused-ring (bicyclic) bond motifs is 1. The van der Waals surface area contributed by atoms with Crippen LogP contribution in [0.25, 0.3) is 0 Å². The molecule has 2 aromatic rings. The average molecular weight is 268 g/mol. The van der Waals surface area contributed by atoms with Crippen LogP contribution in [0, 0.1) is 0 Å². The largest absolute Gasteiger partial charge is 0.491 e. The molecule has 0 radical (unpaired) electrons. The number of benzene rings is 2. The standard InChI is InChI=1S/C17H16O3/c1-11(2)19-13-8-9-14-15(10-13)16(20-17(14)18)12-6-4-3-5-7-12/h3-11,16H,1-2H3. The second kappa shape index (κ2) is 5.00. The first-order chi connectivity index (χ1) is 9.65. The van der Waals surface area contributed by atoms with Gasteiger partial charge in [0.2, 0.25) is 0 Å². The number of esters is 1. The molecule has 2 aromatic carbocycles. The Morgan fingerprint density at radius 3 is 2.55 bits per heavy atom. The third-order valence-electron chi connectivity index (χ3n) is 3.22. The van der Waals surface area contributed by atoms with E-state index in [1.807, 2.05) is 56.3 Å². The van der Waals surface area contributed by atoms with Crippen molar-refractivity contribution in [3.63, 3.8) is 0 Å². The van der Waals surface area contributed by atoms with E-state index in [2.05, 4.69) is 0 Å². The zero-order valence-electron chi connectivity index (χ0n) is 11.5. The maximum absolute atomic E-state index is 11.9. The predicted molar refractivity (Wildman–Crippen MR) is 75.9 cm³/mol. The SMILES string of the molecule is CC(C)Oc1ccc2c(c1)C(c1ccccc1)OC2=O. The summed E-state index contributed by atoms with van der Waals surface area (Å²) in [5.41, 5.74) is 2.47. The van der Waals surface area contributed by atoms with Crippen molar-refractivity contribution in [1.29, 1.82) is 0 Å². The van der Waals surface area contributed by atoms with Crippen molar-refractivity contribution in [1.82, 2.24) is 0 Å². The predicted octanol–water partition coefficient (Wildman–Crippen LogP) is 3.73. The second-order valence-electron chi connectivity index (χ2n) is 5.11. The van der Waals surface area contributed by atoms with Gasteiger partial charge in [-0.1, -0.05) is 30.3 Å². The first-order valence-corrected chi connectivity index (χ1v) is 6.71. The summed E-state index contributed by atoms with van der Waals surface area (Å²) < 4.78 is 11.2. The first-order valence-electron chi connectivity index (χ1n) is 6.71. The number of carbonyl (C=O) groups is 1. The maximum Gasteiger partial charge on any atom is 0.339 e. The van der Waals surface area contributed by atoms with Gasteiger partial charge < -0.3 is 9.47 Å². The molecule has 3 nitrogen and oxygen atoms in total. The highest BCUT2D eigenvalue weighted by atomic mass is 16.5. The minimum atomic E-state index is -0.339. The molecule has 0 bridgehead atoms. The van der Waals surface area contributed by atoms with Gasteiger partial charge in [0.1, 0.15) is 5.75 Å². The molecule has 0 spiro atoms. The van der Waals surface area contributed by atoms with E-state index in [4.69, 9.17) is 9.47 Å². The molecule has 0 aliphatic carbocycles. The Kier molecular flexibility index (Phi) is 3.18. The van der Waals surface area contributed by atoms with Crippen molar-refractivity contribution in [2.24, 2.45) is 0 Å². The molecule has 3 heteroatoms.